The van der Waals surface area contributed by atoms with E-state index >= 15 is 0 Å². The number of aromatic nitrogens is 1. The molecule has 1 aromatic heterocycles. The highest BCUT2D eigenvalue weighted by molar-refractivity contribution is 5.69. The predicted octanol–water partition coefficient (Wildman–Crippen LogP) is 6.34. The average molecular weight is 402 g/mol. The molecule has 1 aliphatic rings. The topological polar surface area (TPSA) is 31.4 Å². The maximum absolute atomic E-state index is 6.12. The minimum absolute atomic E-state index is 0.450. The van der Waals surface area contributed by atoms with Crippen LogP contribution in [0, 0.1) is 0 Å². The summed E-state index contributed by atoms with van der Waals surface area (Å²) in [6, 6.07) is 15.1. The smallest absolute Gasteiger partial charge is 0.129 e. The zero-order chi connectivity index (χ0) is 20.9. The summed E-state index contributed by atoms with van der Waals surface area (Å²) >= 11 is 0. The summed E-state index contributed by atoms with van der Waals surface area (Å²) < 4.78 is 11.8. The third kappa shape index (κ3) is 4.21. The Hall–Kier alpha value is -2.81. The number of benzene rings is 2. The molecular formula is C27H31NO2. The van der Waals surface area contributed by atoms with Crippen LogP contribution in [0.5, 0.6) is 11.5 Å². The van der Waals surface area contributed by atoms with E-state index < -0.39 is 0 Å². The maximum Gasteiger partial charge on any atom is 0.129 e. The standard InChI is InChI=1S/C27H31NO2/c1-4-19-11-8-12-20(5-2)27(19)25-16-26(29-3)23(17-28-25)18-30-24-14-13-21-9-6-7-10-22(21)15-24/h8,11-17H,4-7,9-10,18H2,1-3H3. The highest BCUT2D eigenvalue weighted by atomic mass is 16.5. The van der Waals surface area contributed by atoms with Gasteiger partial charge >= 0.3 is 0 Å². The molecule has 0 N–H and O–H groups in total. The van der Waals surface area contributed by atoms with E-state index in [0.717, 1.165) is 42.0 Å². The highest BCUT2D eigenvalue weighted by Gasteiger charge is 2.14. The van der Waals surface area contributed by atoms with E-state index in [1.165, 1.54) is 47.1 Å². The lowest BCUT2D eigenvalue weighted by Gasteiger charge is -2.18. The number of hydrogen-bond donors (Lipinski definition) is 0. The number of fused-ring (bicyclic) bond motifs is 1. The van der Waals surface area contributed by atoms with Crippen molar-refractivity contribution in [2.24, 2.45) is 0 Å². The van der Waals surface area contributed by atoms with E-state index in [-0.39, 0.29) is 0 Å². The van der Waals surface area contributed by atoms with Crippen LogP contribution in [0.4, 0.5) is 0 Å². The molecule has 3 nitrogen and oxygen atoms in total. The van der Waals surface area contributed by atoms with Gasteiger partial charge in [0.25, 0.3) is 0 Å². The van der Waals surface area contributed by atoms with Crippen LogP contribution in [0.25, 0.3) is 11.3 Å². The summed E-state index contributed by atoms with van der Waals surface area (Å²) in [5.74, 6) is 1.75. The molecule has 0 spiro atoms. The summed E-state index contributed by atoms with van der Waals surface area (Å²) in [6.07, 6.45) is 8.78. The first-order valence-electron chi connectivity index (χ1n) is 11.1. The minimum atomic E-state index is 0.450. The van der Waals surface area contributed by atoms with Crippen LogP contribution in [-0.4, -0.2) is 12.1 Å². The molecule has 4 rings (SSSR count). The molecule has 3 heteroatoms. The van der Waals surface area contributed by atoms with E-state index in [1.54, 1.807) is 7.11 Å². The molecule has 0 fully saturated rings. The minimum Gasteiger partial charge on any atom is -0.496 e. The number of pyridine rings is 1. The number of hydrogen-bond acceptors (Lipinski definition) is 3. The molecular weight excluding hydrogens is 370 g/mol. The zero-order valence-corrected chi connectivity index (χ0v) is 18.3. The van der Waals surface area contributed by atoms with Crippen LogP contribution in [0.15, 0.2) is 48.7 Å². The van der Waals surface area contributed by atoms with Gasteiger partial charge in [-0.1, -0.05) is 38.1 Å². The lowest BCUT2D eigenvalue weighted by atomic mass is 9.92. The molecule has 3 aromatic rings. The van der Waals surface area contributed by atoms with Crippen LogP contribution in [-0.2, 0) is 32.3 Å². The summed E-state index contributed by atoms with van der Waals surface area (Å²) in [6.45, 7) is 4.83. The predicted molar refractivity (Wildman–Crippen MR) is 122 cm³/mol. The van der Waals surface area contributed by atoms with E-state index in [9.17, 15) is 0 Å². The van der Waals surface area contributed by atoms with Crippen molar-refractivity contribution in [3.63, 3.8) is 0 Å². The third-order valence-electron chi connectivity index (χ3n) is 6.13. The fourth-order valence-electron chi connectivity index (χ4n) is 4.43. The van der Waals surface area contributed by atoms with E-state index in [0.29, 0.717) is 6.61 Å². The second-order valence-corrected chi connectivity index (χ2v) is 7.97. The van der Waals surface area contributed by atoms with Crippen molar-refractivity contribution in [1.29, 1.82) is 0 Å². The largest absolute Gasteiger partial charge is 0.496 e. The number of ether oxygens (including phenoxy) is 2. The van der Waals surface area contributed by atoms with Crippen molar-refractivity contribution in [2.45, 2.75) is 59.0 Å². The number of aryl methyl sites for hydroxylation is 4. The lowest BCUT2D eigenvalue weighted by Crippen LogP contribution is -2.05. The number of methoxy groups -OCH3 is 1. The van der Waals surface area contributed by atoms with Gasteiger partial charge in [-0.2, -0.15) is 0 Å². The quantitative estimate of drug-likeness (QED) is 0.463. The van der Waals surface area contributed by atoms with E-state index in [1.807, 2.05) is 6.20 Å². The first-order valence-corrected chi connectivity index (χ1v) is 11.1. The van der Waals surface area contributed by atoms with Crippen LogP contribution < -0.4 is 9.47 Å². The van der Waals surface area contributed by atoms with Gasteiger partial charge < -0.3 is 9.47 Å². The molecule has 2 aromatic carbocycles. The van der Waals surface area contributed by atoms with Gasteiger partial charge in [-0.05, 0) is 72.9 Å². The van der Waals surface area contributed by atoms with Gasteiger partial charge in [-0.3, -0.25) is 4.98 Å². The zero-order valence-electron chi connectivity index (χ0n) is 18.3. The van der Waals surface area contributed by atoms with Crippen molar-refractivity contribution in [2.75, 3.05) is 7.11 Å². The van der Waals surface area contributed by atoms with Gasteiger partial charge in [0.2, 0.25) is 0 Å². The fourth-order valence-corrected chi connectivity index (χ4v) is 4.43. The van der Waals surface area contributed by atoms with Crippen LogP contribution >= 0.6 is 0 Å². The van der Waals surface area contributed by atoms with Gasteiger partial charge in [0.1, 0.15) is 18.1 Å². The maximum atomic E-state index is 6.12. The monoisotopic (exact) mass is 401 g/mol. The van der Waals surface area contributed by atoms with E-state index in [2.05, 4.69) is 56.3 Å². The Bertz CT molecular complexity index is 1000. The van der Waals surface area contributed by atoms with Gasteiger partial charge in [-0.25, -0.2) is 0 Å². The molecule has 1 aliphatic carbocycles. The molecule has 0 bridgehead atoms. The summed E-state index contributed by atoms with van der Waals surface area (Å²) in [5, 5.41) is 0. The Balaban J connectivity index is 1.58. The Kier molecular flexibility index (Phi) is 6.37. The molecule has 0 saturated heterocycles. The van der Waals surface area contributed by atoms with Gasteiger partial charge in [0, 0.05) is 23.4 Å². The lowest BCUT2D eigenvalue weighted by molar-refractivity contribution is 0.295. The van der Waals surface area contributed by atoms with Gasteiger partial charge in [0.15, 0.2) is 0 Å². The Morgan fingerprint density at radius 1 is 0.867 bits per heavy atom. The van der Waals surface area contributed by atoms with Crippen LogP contribution in [0.3, 0.4) is 0 Å². The van der Waals surface area contributed by atoms with Crippen molar-refractivity contribution < 1.29 is 9.47 Å². The second-order valence-electron chi connectivity index (χ2n) is 7.97. The molecule has 1 heterocycles. The Labute approximate surface area is 180 Å². The van der Waals surface area contributed by atoms with Crippen LogP contribution in [0.2, 0.25) is 0 Å². The number of nitrogens with zero attached hydrogens (tertiary/aromatic N) is 1. The third-order valence-corrected chi connectivity index (χ3v) is 6.13. The molecule has 30 heavy (non-hydrogen) atoms. The Morgan fingerprint density at radius 2 is 1.60 bits per heavy atom. The first kappa shape index (κ1) is 20.5. The summed E-state index contributed by atoms with van der Waals surface area (Å²) in [4.78, 5) is 4.80. The fraction of sp³-hybridized carbons (Fsp3) is 0.370. The number of rotatable bonds is 7. The van der Waals surface area contributed by atoms with Crippen molar-refractivity contribution in [3.8, 4) is 22.8 Å². The highest BCUT2D eigenvalue weighted by Crippen LogP contribution is 2.32. The van der Waals surface area contributed by atoms with Gasteiger partial charge in [0.05, 0.1) is 12.8 Å². The SMILES string of the molecule is CCc1cccc(CC)c1-c1cc(OC)c(COc2ccc3c(c2)CCCC3)cn1. The summed E-state index contributed by atoms with van der Waals surface area (Å²) in [5.41, 5.74) is 8.72. The van der Waals surface area contributed by atoms with Crippen molar-refractivity contribution >= 4 is 0 Å². The summed E-state index contributed by atoms with van der Waals surface area (Å²) in [7, 11) is 1.72. The molecule has 0 atom stereocenters. The van der Waals surface area contributed by atoms with E-state index in [4.69, 9.17) is 14.5 Å². The Morgan fingerprint density at radius 3 is 2.30 bits per heavy atom. The van der Waals surface area contributed by atoms with Crippen LogP contribution in [0.1, 0.15) is 54.5 Å². The first-order chi connectivity index (χ1) is 14.7. The molecule has 0 unspecified atom stereocenters. The molecule has 0 aliphatic heterocycles. The van der Waals surface area contributed by atoms with Crippen molar-refractivity contribution in [1.82, 2.24) is 4.98 Å². The molecule has 0 radical (unpaired) electrons. The average Bonchev–Trinajstić information content (AvgIpc) is 2.81. The normalized spacial score (nSPS) is 13.0. The second kappa shape index (κ2) is 9.34. The molecule has 0 amide bonds. The molecule has 156 valence electrons. The van der Waals surface area contributed by atoms with Crippen molar-refractivity contribution in [3.05, 3.63) is 76.5 Å². The molecule has 0 saturated carbocycles. The van der Waals surface area contributed by atoms with Gasteiger partial charge in [-0.15, -0.1) is 0 Å².